The summed E-state index contributed by atoms with van der Waals surface area (Å²) in [5.41, 5.74) is 1.44. The molecule has 1 aromatic rings. The molecule has 0 aliphatic heterocycles. The second-order valence-electron chi connectivity index (χ2n) is 4.29. The number of hydrogen-bond acceptors (Lipinski definition) is 2. The first kappa shape index (κ1) is 13.7. The molecule has 0 aliphatic carbocycles. The molecule has 1 N–H and O–H groups in total. The van der Waals surface area contributed by atoms with Crippen LogP contribution < -0.4 is 0 Å². The van der Waals surface area contributed by atoms with Crippen LogP contribution in [0.4, 0.5) is 0 Å². The number of aliphatic carboxylic acids is 1. The van der Waals surface area contributed by atoms with E-state index in [-0.39, 0.29) is 24.5 Å². The number of rotatable bonds is 5. The van der Waals surface area contributed by atoms with E-state index in [1.165, 1.54) is 0 Å². The summed E-state index contributed by atoms with van der Waals surface area (Å²) >= 11 is 5.84. The Hall–Kier alpha value is -1.35. The molecule has 1 rings (SSSR count). The number of carboxylic acids is 1. The lowest BCUT2D eigenvalue weighted by Gasteiger charge is -2.09. The van der Waals surface area contributed by atoms with Crippen molar-refractivity contribution in [2.45, 2.75) is 26.7 Å². The van der Waals surface area contributed by atoms with Gasteiger partial charge in [-0.25, -0.2) is 0 Å². The van der Waals surface area contributed by atoms with E-state index < -0.39 is 5.97 Å². The quantitative estimate of drug-likeness (QED) is 0.820. The Morgan fingerprint density at radius 2 is 2.00 bits per heavy atom. The van der Waals surface area contributed by atoms with Crippen LogP contribution in [0.25, 0.3) is 0 Å². The van der Waals surface area contributed by atoms with Crippen LogP contribution >= 0.6 is 11.6 Å². The number of carbonyl (C=O) groups is 2. The predicted octanol–water partition coefficient (Wildman–Crippen LogP) is 3.33. The van der Waals surface area contributed by atoms with Gasteiger partial charge in [-0.3, -0.25) is 9.59 Å². The van der Waals surface area contributed by atoms with E-state index in [1.54, 1.807) is 25.1 Å². The van der Waals surface area contributed by atoms with Gasteiger partial charge in [-0.15, -0.1) is 0 Å². The minimum atomic E-state index is -0.881. The van der Waals surface area contributed by atoms with Crippen LogP contribution in [-0.2, 0) is 4.79 Å². The van der Waals surface area contributed by atoms with Crippen molar-refractivity contribution in [2.24, 2.45) is 5.92 Å². The Balaban J connectivity index is 2.76. The summed E-state index contributed by atoms with van der Waals surface area (Å²) < 4.78 is 0. The molecule has 92 valence electrons. The zero-order valence-electron chi connectivity index (χ0n) is 9.87. The van der Waals surface area contributed by atoms with Crippen molar-refractivity contribution in [2.75, 3.05) is 0 Å². The number of ketones is 1. The first-order chi connectivity index (χ1) is 7.90. The summed E-state index contributed by atoms with van der Waals surface area (Å²) in [4.78, 5) is 22.5. The summed E-state index contributed by atoms with van der Waals surface area (Å²) in [5.74, 6) is -1.11. The molecule has 3 nitrogen and oxygen atoms in total. The maximum Gasteiger partial charge on any atom is 0.303 e. The number of hydrogen-bond donors (Lipinski definition) is 1. The Morgan fingerprint density at radius 3 is 2.59 bits per heavy atom. The number of benzene rings is 1. The van der Waals surface area contributed by atoms with E-state index in [1.807, 2.05) is 6.92 Å². The van der Waals surface area contributed by atoms with Gasteiger partial charge in [0.15, 0.2) is 5.78 Å². The van der Waals surface area contributed by atoms with Gasteiger partial charge in [0.1, 0.15) is 0 Å². The highest BCUT2D eigenvalue weighted by molar-refractivity contribution is 6.31. The molecule has 0 radical (unpaired) electrons. The summed E-state index contributed by atoms with van der Waals surface area (Å²) in [6, 6.07) is 5.15. The van der Waals surface area contributed by atoms with E-state index in [9.17, 15) is 9.59 Å². The van der Waals surface area contributed by atoms with Crippen LogP contribution in [0.15, 0.2) is 18.2 Å². The van der Waals surface area contributed by atoms with Crippen LogP contribution in [-0.4, -0.2) is 16.9 Å². The average molecular weight is 255 g/mol. The van der Waals surface area contributed by atoms with Gasteiger partial charge in [0.05, 0.1) is 0 Å². The number of carboxylic acid groups (broad SMARTS) is 1. The van der Waals surface area contributed by atoms with Crippen LogP contribution in [0.1, 0.15) is 35.7 Å². The van der Waals surface area contributed by atoms with Gasteiger partial charge in [-0.2, -0.15) is 0 Å². The molecule has 0 fully saturated rings. The number of aryl methyl sites for hydroxylation is 1. The summed E-state index contributed by atoms with van der Waals surface area (Å²) in [6.07, 6.45) is 0.235. The van der Waals surface area contributed by atoms with Gasteiger partial charge >= 0.3 is 5.97 Å². The monoisotopic (exact) mass is 254 g/mol. The van der Waals surface area contributed by atoms with Crippen LogP contribution in [0.5, 0.6) is 0 Å². The lowest BCUT2D eigenvalue weighted by Crippen LogP contribution is -2.11. The standard InChI is InChI=1S/C13H15ClO3/c1-8(6-13(16)17)5-12(15)11-7-10(14)4-3-9(11)2/h3-4,7-8H,5-6H2,1-2H3,(H,16,17). The molecule has 0 aliphatic rings. The van der Waals surface area contributed by atoms with Gasteiger partial charge in [0.25, 0.3) is 0 Å². The molecule has 0 spiro atoms. The van der Waals surface area contributed by atoms with Gasteiger partial charge in [0, 0.05) is 23.4 Å². The van der Waals surface area contributed by atoms with Crippen molar-refractivity contribution in [3.63, 3.8) is 0 Å². The molecular weight excluding hydrogens is 240 g/mol. The smallest absolute Gasteiger partial charge is 0.303 e. The summed E-state index contributed by atoms with van der Waals surface area (Å²) in [7, 11) is 0. The maximum absolute atomic E-state index is 12.0. The summed E-state index contributed by atoms with van der Waals surface area (Å²) in [6.45, 7) is 3.59. The largest absolute Gasteiger partial charge is 0.481 e. The second kappa shape index (κ2) is 5.82. The fourth-order valence-electron chi connectivity index (χ4n) is 1.69. The normalized spacial score (nSPS) is 12.2. The Labute approximate surface area is 105 Å². The average Bonchev–Trinajstić information content (AvgIpc) is 2.20. The number of Topliss-reactive ketones (excluding diaryl/α,β-unsaturated/α-hetero) is 1. The lowest BCUT2D eigenvalue weighted by molar-refractivity contribution is -0.137. The highest BCUT2D eigenvalue weighted by atomic mass is 35.5. The molecule has 17 heavy (non-hydrogen) atoms. The Kier molecular flexibility index (Phi) is 4.70. The first-order valence-electron chi connectivity index (χ1n) is 5.41. The SMILES string of the molecule is Cc1ccc(Cl)cc1C(=O)CC(C)CC(=O)O. The third-order valence-electron chi connectivity index (χ3n) is 2.56. The summed E-state index contributed by atoms with van der Waals surface area (Å²) in [5, 5.41) is 9.15. The number of carbonyl (C=O) groups excluding carboxylic acids is 1. The van der Waals surface area contributed by atoms with Gasteiger partial charge in [-0.1, -0.05) is 24.6 Å². The minimum Gasteiger partial charge on any atom is -0.481 e. The first-order valence-corrected chi connectivity index (χ1v) is 5.79. The van der Waals surface area contributed by atoms with E-state index in [0.29, 0.717) is 10.6 Å². The zero-order chi connectivity index (χ0) is 13.0. The van der Waals surface area contributed by atoms with E-state index in [4.69, 9.17) is 16.7 Å². The van der Waals surface area contributed by atoms with E-state index in [0.717, 1.165) is 5.56 Å². The topological polar surface area (TPSA) is 54.4 Å². The van der Waals surface area contributed by atoms with Gasteiger partial charge in [0.2, 0.25) is 0 Å². The van der Waals surface area contributed by atoms with Crippen LogP contribution in [0, 0.1) is 12.8 Å². The van der Waals surface area contributed by atoms with Crippen LogP contribution in [0.3, 0.4) is 0 Å². The molecule has 0 bridgehead atoms. The molecule has 1 unspecified atom stereocenters. The molecule has 0 saturated carbocycles. The molecule has 1 aromatic carbocycles. The van der Waals surface area contributed by atoms with Crippen LogP contribution in [0.2, 0.25) is 5.02 Å². The third kappa shape index (κ3) is 4.19. The Bertz CT molecular complexity index is 440. The van der Waals surface area contributed by atoms with E-state index in [2.05, 4.69) is 0 Å². The van der Waals surface area contributed by atoms with Crippen molar-refractivity contribution in [3.8, 4) is 0 Å². The van der Waals surface area contributed by atoms with E-state index >= 15 is 0 Å². The molecule has 0 aromatic heterocycles. The molecule has 1 atom stereocenters. The highest BCUT2D eigenvalue weighted by Crippen LogP contribution is 2.19. The predicted molar refractivity (Wildman–Crippen MR) is 66.6 cm³/mol. The Morgan fingerprint density at radius 1 is 1.35 bits per heavy atom. The molecule has 0 saturated heterocycles. The fraction of sp³-hybridized carbons (Fsp3) is 0.385. The molecular formula is C13H15ClO3. The molecule has 0 heterocycles. The molecule has 4 heteroatoms. The lowest BCUT2D eigenvalue weighted by atomic mass is 9.95. The van der Waals surface area contributed by atoms with Crippen molar-refractivity contribution < 1.29 is 14.7 Å². The number of halogens is 1. The maximum atomic E-state index is 12.0. The minimum absolute atomic E-state index is 0.00531. The fourth-order valence-corrected chi connectivity index (χ4v) is 1.86. The van der Waals surface area contributed by atoms with Gasteiger partial charge < -0.3 is 5.11 Å². The van der Waals surface area contributed by atoms with Crippen molar-refractivity contribution >= 4 is 23.4 Å². The zero-order valence-corrected chi connectivity index (χ0v) is 10.6. The molecule has 0 amide bonds. The second-order valence-corrected chi connectivity index (χ2v) is 4.73. The van der Waals surface area contributed by atoms with Crippen molar-refractivity contribution in [1.82, 2.24) is 0 Å². The van der Waals surface area contributed by atoms with Crippen molar-refractivity contribution in [1.29, 1.82) is 0 Å². The third-order valence-corrected chi connectivity index (χ3v) is 2.79. The van der Waals surface area contributed by atoms with Crippen molar-refractivity contribution in [3.05, 3.63) is 34.3 Å². The van der Waals surface area contributed by atoms with Gasteiger partial charge in [-0.05, 0) is 30.5 Å². The highest BCUT2D eigenvalue weighted by Gasteiger charge is 2.15.